The molecule has 0 aliphatic rings. The molecular formula is C13H16FNO3. The Bertz CT molecular complexity index is 448. The van der Waals surface area contributed by atoms with Gasteiger partial charge < -0.3 is 10.4 Å². The molecule has 0 fully saturated rings. The molecule has 0 bridgehead atoms. The predicted octanol–water partition coefficient (Wildman–Crippen LogP) is 1.77. The lowest BCUT2D eigenvalue weighted by atomic mass is 9.99. The maximum atomic E-state index is 13.5. The van der Waals surface area contributed by atoms with E-state index in [1.807, 2.05) is 0 Å². The van der Waals surface area contributed by atoms with Crippen LogP contribution < -0.4 is 5.32 Å². The van der Waals surface area contributed by atoms with Crippen molar-refractivity contribution in [1.82, 2.24) is 5.32 Å². The minimum Gasteiger partial charge on any atom is -0.481 e. The molecule has 5 heteroatoms. The van der Waals surface area contributed by atoms with Crippen LogP contribution in [0, 0.1) is 11.7 Å². The SMILES string of the molecule is C[C@H](CNC(=O)[C@H](C)c1ccccc1F)C(=O)O. The number of carbonyl (C=O) groups is 2. The molecule has 0 radical (unpaired) electrons. The number of carboxylic acids is 1. The number of benzene rings is 1. The van der Waals surface area contributed by atoms with Crippen molar-refractivity contribution in [3.63, 3.8) is 0 Å². The summed E-state index contributed by atoms with van der Waals surface area (Å²) in [4.78, 5) is 22.3. The Hall–Kier alpha value is -1.91. The molecule has 1 rings (SSSR count). The van der Waals surface area contributed by atoms with Crippen molar-refractivity contribution >= 4 is 11.9 Å². The van der Waals surface area contributed by atoms with E-state index in [0.717, 1.165) is 0 Å². The second-order valence-electron chi connectivity index (χ2n) is 4.23. The van der Waals surface area contributed by atoms with Crippen molar-refractivity contribution in [3.05, 3.63) is 35.6 Å². The second kappa shape index (κ2) is 6.14. The van der Waals surface area contributed by atoms with E-state index in [9.17, 15) is 14.0 Å². The van der Waals surface area contributed by atoms with Gasteiger partial charge in [-0.1, -0.05) is 25.1 Å². The molecule has 18 heavy (non-hydrogen) atoms. The van der Waals surface area contributed by atoms with Gasteiger partial charge in [-0.05, 0) is 18.6 Å². The minimum absolute atomic E-state index is 0.0347. The summed E-state index contributed by atoms with van der Waals surface area (Å²) >= 11 is 0. The van der Waals surface area contributed by atoms with Gasteiger partial charge in [-0.25, -0.2) is 4.39 Å². The fraction of sp³-hybridized carbons (Fsp3) is 0.385. The lowest BCUT2D eigenvalue weighted by Gasteiger charge is -2.14. The van der Waals surface area contributed by atoms with Crippen LogP contribution in [-0.2, 0) is 9.59 Å². The smallest absolute Gasteiger partial charge is 0.308 e. The van der Waals surface area contributed by atoms with Gasteiger partial charge in [-0.2, -0.15) is 0 Å². The van der Waals surface area contributed by atoms with Crippen molar-refractivity contribution in [1.29, 1.82) is 0 Å². The maximum absolute atomic E-state index is 13.5. The zero-order valence-corrected chi connectivity index (χ0v) is 10.3. The summed E-state index contributed by atoms with van der Waals surface area (Å²) in [6, 6.07) is 6.04. The summed E-state index contributed by atoms with van der Waals surface area (Å²) in [5, 5.41) is 11.2. The fourth-order valence-corrected chi connectivity index (χ4v) is 1.46. The van der Waals surface area contributed by atoms with Crippen LogP contribution in [0.5, 0.6) is 0 Å². The lowest BCUT2D eigenvalue weighted by Crippen LogP contribution is -2.34. The fourth-order valence-electron chi connectivity index (χ4n) is 1.46. The average molecular weight is 253 g/mol. The van der Waals surface area contributed by atoms with Crippen molar-refractivity contribution in [2.75, 3.05) is 6.54 Å². The van der Waals surface area contributed by atoms with E-state index in [4.69, 9.17) is 5.11 Å². The van der Waals surface area contributed by atoms with E-state index >= 15 is 0 Å². The first kappa shape index (κ1) is 14.2. The highest BCUT2D eigenvalue weighted by Crippen LogP contribution is 2.18. The van der Waals surface area contributed by atoms with Gasteiger partial charge in [0.25, 0.3) is 0 Å². The first-order chi connectivity index (χ1) is 8.43. The van der Waals surface area contributed by atoms with Gasteiger partial charge in [-0.3, -0.25) is 9.59 Å². The second-order valence-corrected chi connectivity index (χ2v) is 4.23. The predicted molar refractivity (Wildman–Crippen MR) is 64.6 cm³/mol. The molecule has 2 atom stereocenters. The molecule has 0 aromatic heterocycles. The van der Waals surface area contributed by atoms with Crippen LogP contribution in [0.2, 0.25) is 0 Å². The normalized spacial score (nSPS) is 13.7. The first-order valence-corrected chi connectivity index (χ1v) is 5.68. The molecule has 0 spiro atoms. The van der Waals surface area contributed by atoms with Gasteiger partial charge in [0.1, 0.15) is 5.82 Å². The summed E-state index contributed by atoms with van der Waals surface area (Å²) in [6.45, 7) is 3.11. The zero-order chi connectivity index (χ0) is 13.7. The quantitative estimate of drug-likeness (QED) is 0.840. The monoisotopic (exact) mass is 253 g/mol. The summed E-state index contributed by atoms with van der Waals surface area (Å²) in [5.74, 6) is -3.11. The van der Waals surface area contributed by atoms with Crippen LogP contribution in [-0.4, -0.2) is 23.5 Å². The van der Waals surface area contributed by atoms with Crippen LogP contribution >= 0.6 is 0 Å². The largest absolute Gasteiger partial charge is 0.481 e. The third-order valence-electron chi connectivity index (χ3n) is 2.77. The Labute approximate surface area is 105 Å². The zero-order valence-electron chi connectivity index (χ0n) is 10.3. The number of hydrogen-bond acceptors (Lipinski definition) is 2. The molecule has 1 aromatic carbocycles. The van der Waals surface area contributed by atoms with E-state index in [-0.39, 0.29) is 12.5 Å². The van der Waals surface area contributed by atoms with Crippen molar-refractivity contribution in [2.24, 2.45) is 5.92 Å². The third kappa shape index (κ3) is 3.55. The standard InChI is InChI=1S/C13H16FNO3/c1-8(13(17)18)7-15-12(16)9(2)10-5-3-4-6-11(10)14/h3-6,8-9H,7H2,1-2H3,(H,15,16)(H,17,18)/t8-,9-/m1/s1. The van der Waals surface area contributed by atoms with E-state index in [1.165, 1.54) is 13.0 Å². The van der Waals surface area contributed by atoms with Gasteiger partial charge in [0.2, 0.25) is 5.91 Å². The summed E-state index contributed by atoms with van der Waals surface area (Å²) in [7, 11) is 0. The van der Waals surface area contributed by atoms with Crippen LogP contribution in [0.25, 0.3) is 0 Å². The van der Waals surface area contributed by atoms with Crippen LogP contribution in [0.1, 0.15) is 25.3 Å². The van der Waals surface area contributed by atoms with Crippen molar-refractivity contribution in [3.8, 4) is 0 Å². The van der Waals surface area contributed by atoms with Crippen LogP contribution in [0.4, 0.5) is 4.39 Å². The highest BCUT2D eigenvalue weighted by Gasteiger charge is 2.19. The molecule has 0 aliphatic heterocycles. The highest BCUT2D eigenvalue weighted by atomic mass is 19.1. The van der Waals surface area contributed by atoms with E-state index < -0.39 is 23.6 Å². The number of carbonyl (C=O) groups excluding carboxylic acids is 1. The van der Waals surface area contributed by atoms with Crippen LogP contribution in [0.15, 0.2) is 24.3 Å². The van der Waals surface area contributed by atoms with Crippen molar-refractivity contribution in [2.45, 2.75) is 19.8 Å². The molecule has 1 aromatic rings. The van der Waals surface area contributed by atoms with Gasteiger partial charge in [-0.15, -0.1) is 0 Å². The molecular weight excluding hydrogens is 237 g/mol. The van der Waals surface area contributed by atoms with Gasteiger partial charge in [0, 0.05) is 6.54 Å². The Balaban J connectivity index is 2.63. The van der Waals surface area contributed by atoms with Crippen LogP contribution in [0.3, 0.4) is 0 Å². The summed E-state index contributed by atoms with van der Waals surface area (Å²) in [5.41, 5.74) is 0.304. The molecule has 4 nitrogen and oxygen atoms in total. The van der Waals surface area contributed by atoms with E-state index in [1.54, 1.807) is 25.1 Å². The third-order valence-corrected chi connectivity index (χ3v) is 2.77. The average Bonchev–Trinajstić information content (AvgIpc) is 2.35. The van der Waals surface area contributed by atoms with E-state index in [0.29, 0.717) is 5.56 Å². The Morgan fingerprint density at radius 1 is 1.33 bits per heavy atom. The minimum atomic E-state index is -0.978. The number of aliphatic carboxylic acids is 1. The van der Waals surface area contributed by atoms with Gasteiger partial charge in [0.05, 0.1) is 11.8 Å². The number of nitrogens with one attached hydrogen (secondary N) is 1. The van der Waals surface area contributed by atoms with Gasteiger partial charge in [0.15, 0.2) is 0 Å². The number of hydrogen-bond donors (Lipinski definition) is 2. The molecule has 1 amide bonds. The first-order valence-electron chi connectivity index (χ1n) is 5.68. The van der Waals surface area contributed by atoms with E-state index in [2.05, 4.69) is 5.32 Å². The molecule has 98 valence electrons. The summed E-state index contributed by atoms with van der Waals surface area (Å²) < 4.78 is 13.5. The summed E-state index contributed by atoms with van der Waals surface area (Å²) in [6.07, 6.45) is 0. The number of halogens is 1. The number of carboxylic acid groups (broad SMARTS) is 1. The van der Waals surface area contributed by atoms with Gasteiger partial charge >= 0.3 is 5.97 Å². The molecule has 0 heterocycles. The molecule has 0 saturated carbocycles. The Kier molecular flexibility index (Phi) is 4.83. The topological polar surface area (TPSA) is 66.4 Å². The Morgan fingerprint density at radius 2 is 1.94 bits per heavy atom. The number of rotatable bonds is 5. The maximum Gasteiger partial charge on any atom is 0.308 e. The molecule has 0 aliphatic carbocycles. The lowest BCUT2D eigenvalue weighted by molar-refractivity contribution is -0.141. The molecule has 0 saturated heterocycles. The van der Waals surface area contributed by atoms with Crippen molar-refractivity contribution < 1.29 is 19.1 Å². The molecule has 2 N–H and O–H groups in total. The Morgan fingerprint density at radius 3 is 2.50 bits per heavy atom. The molecule has 0 unspecified atom stereocenters. The number of amides is 1. The highest BCUT2D eigenvalue weighted by molar-refractivity contribution is 5.83.